The largest absolute Gasteiger partial charge is 0.306 e. The third-order valence-corrected chi connectivity index (χ3v) is 5.76. The van der Waals surface area contributed by atoms with Gasteiger partial charge in [-0.3, -0.25) is 0 Å². The molecule has 0 radical (unpaired) electrons. The average Bonchev–Trinajstić information content (AvgIpc) is 3.19. The molecule has 3 aromatic rings. The molecule has 1 N–H and O–H groups in total. The maximum absolute atomic E-state index is 12.0. The van der Waals surface area contributed by atoms with Crippen molar-refractivity contribution in [1.29, 1.82) is 0 Å². The highest BCUT2D eigenvalue weighted by atomic mass is 32.2. The molecule has 5 nitrogen and oxygen atoms in total. The van der Waals surface area contributed by atoms with Gasteiger partial charge in [0, 0.05) is 24.6 Å². The Morgan fingerprint density at radius 3 is 2.62 bits per heavy atom. The monoisotopic (exact) mass is 319 g/mol. The van der Waals surface area contributed by atoms with Crippen LogP contribution < -0.4 is 4.72 Å². The summed E-state index contributed by atoms with van der Waals surface area (Å²) in [5.41, 5.74) is 1.89. The van der Waals surface area contributed by atoms with E-state index in [1.807, 2.05) is 35.0 Å². The summed E-state index contributed by atoms with van der Waals surface area (Å²) in [5.74, 6) is 0. The highest BCUT2D eigenvalue weighted by molar-refractivity contribution is 7.91. The van der Waals surface area contributed by atoms with Crippen LogP contribution in [0, 0.1) is 0 Å². The van der Waals surface area contributed by atoms with Crippen molar-refractivity contribution < 1.29 is 8.42 Å². The van der Waals surface area contributed by atoms with Crippen LogP contribution in [0.3, 0.4) is 0 Å². The molecule has 0 aliphatic heterocycles. The number of nitrogens with one attached hydrogen (secondary N) is 1. The predicted octanol–water partition coefficient (Wildman–Crippen LogP) is 2.41. The van der Waals surface area contributed by atoms with Crippen LogP contribution in [-0.4, -0.2) is 18.0 Å². The van der Waals surface area contributed by atoms with E-state index in [2.05, 4.69) is 9.71 Å². The number of imidazole rings is 1. The summed E-state index contributed by atoms with van der Waals surface area (Å²) in [7, 11) is -3.42. The first-order valence-corrected chi connectivity index (χ1v) is 8.62. The summed E-state index contributed by atoms with van der Waals surface area (Å²) in [6, 6.07) is 11.0. The number of aromatic nitrogens is 2. The van der Waals surface area contributed by atoms with Gasteiger partial charge in [0.25, 0.3) is 0 Å². The molecule has 21 heavy (non-hydrogen) atoms. The number of sulfonamides is 1. The van der Waals surface area contributed by atoms with E-state index in [0.717, 1.165) is 11.3 Å². The highest BCUT2D eigenvalue weighted by Gasteiger charge is 2.14. The maximum atomic E-state index is 12.0. The fourth-order valence-electron chi connectivity index (χ4n) is 1.86. The molecule has 1 aromatic carbocycles. The van der Waals surface area contributed by atoms with E-state index in [1.54, 1.807) is 30.0 Å². The van der Waals surface area contributed by atoms with E-state index in [0.29, 0.717) is 4.21 Å². The Balaban J connectivity index is 1.69. The zero-order chi connectivity index (χ0) is 14.7. The first kappa shape index (κ1) is 14.0. The summed E-state index contributed by atoms with van der Waals surface area (Å²) >= 11 is 1.20. The van der Waals surface area contributed by atoms with Crippen molar-refractivity contribution in [3.05, 3.63) is 66.1 Å². The van der Waals surface area contributed by atoms with Gasteiger partial charge in [0.15, 0.2) is 0 Å². The first-order valence-electron chi connectivity index (χ1n) is 6.25. The predicted molar refractivity (Wildman–Crippen MR) is 81.9 cm³/mol. The lowest BCUT2D eigenvalue weighted by atomic mass is 10.2. The SMILES string of the molecule is O=S(=O)(NCc1ccc(-n2ccnc2)cc1)c1cccs1. The van der Waals surface area contributed by atoms with Crippen molar-refractivity contribution in [2.45, 2.75) is 10.8 Å². The normalized spacial score (nSPS) is 11.6. The Morgan fingerprint density at radius 1 is 1.19 bits per heavy atom. The highest BCUT2D eigenvalue weighted by Crippen LogP contribution is 2.16. The quantitative estimate of drug-likeness (QED) is 0.785. The summed E-state index contributed by atoms with van der Waals surface area (Å²) in [5, 5.41) is 1.74. The van der Waals surface area contributed by atoms with Crippen LogP contribution in [0.1, 0.15) is 5.56 Å². The van der Waals surface area contributed by atoms with Crippen molar-refractivity contribution in [1.82, 2.24) is 14.3 Å². The summed E-state index contributed by atoms with van der Waals surface area (Å²) < 4.78 is 28.8. The Morgan fingerprint density at radius 2 is 2.00 bits per heavy atom. The topological polar surface area (TPSA) is 64.0 Å². The smallest absolute Gasteiger partial charge is 0.250 e. The maximum Gasteiger partial charge on any atom is 0.250 e. The molecule has 0 unspecified atom stereocenters. The van der Waals surface area contributed by atoms with Gasteiger partial charge in [-0.05, 0) is 29.1 Å². The van der Waals surface area contributed by atoms with Crippen LogP contribution in [0.5, 0.6) is 0 Å². The van der Waals surface area contributed by atoms with Crippen LogP contribution in [0.25, 0.3) is 5.69 Å². The van der Waals surface area contributed by atoms with Gasteiger partial charge in [-0.25, -0.2) is 18.1 Å². The van der Waals surface area contributed by atoms with Crippen molar-refractivity contribution in [3.63, 3.8) is 0 Å². The van der Waals surface area contributed by atoms with Crippen LogP contribution in [0.2, 0.25) is 0 Å². The molecule has 7 heteroatoms. The van der Waals surface area contributed by atoms with Gasteiger partial charge in [-0.15, -0.1) is 11.3 Å². The van der Waals surface area contributed by atoms with Gasteiger partial charge in [0.2, 0.25) is 10.0 Å². The minimum absolute atomic E-state index is 0.268. The second kappa shape index (κ2) is 5.80. The molecular formula is C14H13N3O2S2. The molecule has 0 saturated carbocycles. The fourth-order valence-corrected chi connectivity index (χ4v) is 3.92. The Labute approximate surface area is 127 Å². The second-order valence-electron chi connectivity index (χ2n) is 4.39. The Kier molecular flexibility index (Phi) is 3.87. The van der Waals surface area contributed by atoms with Crippen LogP contribution in [0.15, 0.2) is 64.7 Å². The molecule has 0 atom stereocenters. The number of hydrogen-bond donors (Lipinski definition) is 1. The van der Waals surface area contributed by atoms with Gasteiger partial charge in [-0.2, -0.15) is 0 Å². The zero-order valence-electron chi connectivity index (χ0n) is 11.0. The molecule has 2 heterocycles. The molecule has 0 bridgehead atoms. The van der Waals surface area contributed by atoms with E-state index in [-0.39, 0.29) is 6.54 Å². The van der Waals surface area contributed by atoms with E-state index in [9.17, 15) is 8.42 Å². The molecule has 0 aliphatic rings. The molecule has 3 rings (SSSR count). The lowest BCUT2D eigenvalue weighted by Gasteiger charge is -2.06. The van der Waals surface area contributed by atoms with Crippen LogP contribution in [0.4, 0.5) is 0 Å². The number of rotatable bonds is 5. The molecule has 0 saturated heterocycles. The average molecular weight is 319 g/mol. The molecule has 0 spiro atoms. The minimum Gasteiger partial charge on any atom is -0.306 e. The van der Waals surface area contributed by atoms with Crippen molar-refractivity contribution >= 4 is 21.4 Å². The van der Waals surface area contributed by atoms with Crippen LogP contribution >= 0.6 is 11.3 Å². The van der Waals surface area contributed by atoms with E-state index in [1.165, 1.54) is 11.3 Å². The van der Waals surface area contributed by atoms with Crippen molar-refractivity contribution in [3.8, 4) is 5.69 Å². The van der Waals surface area contributed by atoms with E-state index >= 15 is 0 Å². The Bertz CT molecular complexity index is 793. The minimum atomic E-state index is -3.42. The molecular weight excluding hydrogens is 306 g/mol. The van der Waals surface area contributed by atoms with Gasteiger partial charge >= 0.3 is 0 Å². The lowest BCUT2D eigenvalue weighted by molar-refractivity contribution is 0.583. The van der Waals surface area contributed by atoms with Gasteiger partial charge in [0.1, 0.15) is 4.21 Å². The van der Waals surface area contributed by atoms with E-state index < -0.39 is 10.0 Å². The summed E-state index contributed by atoms with van der Waals surface area (Å²) in [6.45, 7) is 0.268. The fraction of sp³-hybridized carbons (Fsp3) is 0.0714. The number of hydrogen-bond acceptors (Lipinski definition) is 4. The van der Waals surface area contributed by atoms with E-state index in [4.69, 9.17) is 0 Å². The van der Waals surface area contributed by atoms with Crippen molar-refractivity contribution in [2.75, 3.05) is 0 Å². The molecule has 0 amide bonds. The molecule has 108 valence electrons. The standard InChI is InChI=1S/C14H13N3O2S2/c18-21(19,14-2-1-9-20-14)16-10-12-3-5-13(6-4-12)17-8-7-15-11-17/h1-9,11,16H,10H2. The van der Waals surface area contributed by atoms with Gasteiger partial charge in [0.05, 0.1) is 6.33 Å². The van der Waals surface area contributed by atoms with Gasteiger partial charge < -0.3 is 4.57 Å². The number of thiophene rings is 1. The van der Waals surface area contributed by atoms with Gasteiger partial charge in [-0.1, -0.05) is 18.2 Å². The van der Waals surface area contributed by atoms with Crippen LogP contribution in [-0.2, 0) is 16.6 Å². The number of nitrogens with zero attached hydrogens (tertiary/aromatic N) is 2. The summed E-state index contributed by atoms with van der Waals surface area (Å²) in [4.78, 5) is 3.99. The lowest BCUT2D eigenvalue weighted by Crippen LogP contribution is -2.22. The third-order valence-electron chi connectivity index (χ3n) is 2.97. The van der Waals surface area contributed by atoms with Crippen molar-refractivity contribution in [2.24, 2.45) is 0 Å². The summed E-state index contributed by atoms with van der Waals surface area (Å²) in [6.07, 6.45) is 5.28. The third kappa shape index (κ3) is 3.21. The molecule has 0 aliphatic carbocycles. The second-order valence-corrected chi connectivity index (χ2v) is 7.33. The zero-order valence-corrected chi connectivity index (χ0v) is 12.6. The first-order chi connectivity index (χ1) is 10.1. The molecule has 0 fully saturated rings. The molecule has 2 aromatic heterocycles. The Hall–Kier alpha value is -1.96. The number of benzene rings is 1.